The van der Waals surface area contributed by atoms with Crippen molar-refractivity contribution >= 4 is 29.3 Å². The van der Waals surface area contributed by atoms with Crippen molar-refractivity contribution in [3.8, 4) is 0 Å². The first-order chi connectivity index (χ1) is 11.6. The van der Waals surface area contributed by atoms with Gasteiger partial charge in [-0.05, 0) is 29.8 Å². The van der Waals surface area contributed by atoms with Gasteiger partial charge in [0.2, 0.25) is 5.91 Å². The second kappa shape index (κ2) is 8.93. The summed E-state index contributed by atoms with van der Waals surface area (Å²) in [6.45, 7) is 5.65. The fourth-order valence-corrected chi connectivity index (χ4v) is 2.79. The first-order valence-corrected chi connectivity index (χ1v) is 8.56. The largest absolute Gasteiger partial charge is 0.352 e. The van der Waals surface area contributed by atoms with Crippen molar-refractivity contribution in [1.29, 1.82) is 0 Å². The second-order valence-electron chi connectivity index (χ2n) is 5.16. The minimum absolute atomic E-state index is 0.0783. The van der Waals surface area contributed by atoms with Crippen LogP contribution in [-0.4, -0.2) is 17.6 Å². The minimum Gasteiger partial charge on any atom is -0.352 e. The molecule has 2 aromatic carbocycles. The van der Waals surface area contributed by atoms with Gasteiger partial charge in [-0.1, -0.05) is 30.3 Å². The van der Waals surface area contributed by atoms with Crippen LogP contribution < -0.4 is 10.6 Å². The molecule has 0 atom stereocenters. The topological polar surface area (TPSA) is 58.2 Å². The van der Waals surface area contributed by atoms with E-state index in [4.69, 9.17) is 0 Å². The Hall–Kier alpha value is -2.53. The molecule has 2 rings (SSSR count). The summed E-state index contributed by atoms with van der Waals surface area (Å²) < 4.78 is 0. The van der Waals surface area contributed by atoms with Gasteiger partial charge in [0.25, 0.3) is 5.91 Å². The number of hydrogen-bond acceptors (Lipinski definition) is 3. The van der Waals surface area contributed by atoms with Gasteiger partial charge < -0.3 is 10.6 Å². The molecule has 0 saturated heterocycles. The molecule has 4 nitrogen and oxygen atoms in total. The first kappa shape index (κ1) is 17.8. The van der Waals surface area contributed by atoms with Crippen LogP contribution in [-0.2, 0) is 11.3 Å². The van der Waals surface area contributed by atoms with E-state index in [0.717, 1.165) is 21.9 Å². The Kier molecular flexibility index (Phi) is 6.63. The molecule has 2 N–H and O–H groups in total. The lowest BCUT2D eigenvalue weighted by Gasteiger charge is -2.10. The minimum atomic E-state index is -0.160. The number of benzene rings is 2. The zero-order chi connectivity index (χ0) is 17.4. The lowest BCUT2D eigenvalue weighted by molar-refractivity contribution is -0.119. The summed E-state index contributed by atoms with van der Waals surface area (Å²) in [6.07, 6.45) is 1.83. The number of thioether (sulfide) groups is 1. The molecule has 24 heavy (non-hydrogen) atoms. The number of rotatable bonds is 7. The van der Waals surface area contributed by atoms with Crippen molar-refractivity contribution in [2.75, 3.05) is 11.1 Å². The van der Waals surface area contributed by atoms with Gasteiger partial charge in [-0.25, -0.2) is 0 Å². The van der Waals surface area contributed by atoms with Gasteiger partial charge in [0.1, 0.15) is 0 Å². The van der Waals surface area contributed by atoms with Gasteiger partial charge >= 0.3 is 0 Å². The Morgan fingerprint density at radius 1 is 1.12 bits per heavy atom. The van der Waals surface area contributed by atoms with Crippen molar-refractivity contribution in [2.24, 2.45) is 0 Å². The molecule has 0 aliphatic rings. The van der Waals surface area contributed by atoms with Gasteiger partial charge in [-0.2, -0.15) is 0 Å². The van der Waals surface area contributed by atoms with E-state index in [1.165, 1.54) is 6.92 Å². The first-order valence-electron chi connectivity index (χ1n) is 7.57. The average Bonchev–Trinajstić information content (AvgIpc) is 2.59. The Morgan fingerprint density at radius 3 is 2.50 bits per heavy atom. The maximum Gasteiger partial charge on any atom is 0.255 e. The van der Waals surface area contributed by atoms with Crippen LogP contribution in [0.3, 0.4) is 0 Å². The van der Waals surface area contributed by atoms with E-state index < -0.39 is 0 Å². The molecule has 0 spiro atoms. The number of amides is 2. The molecule has 0 aliphatic heterocycles. The van der Waals surface area contributed by atoms with Crippen molar-refractivity contribution in [1.82, 2.24) is 5.32 Å². The number of nitrogens with one attached hydrogen (secondary N) is 2. The summed E-state index contributed by atoms with van der Waals surface area (Å²) >= 11 is 1.62. The highest BCUT2D eigenvalue weighted by Gasteiger charge is 2.09. The Labute approximate surface area is 146 Å². The lowest BCUT2D eigenvalue weighted by atomic mass is 10.1. The Morgan fingerprint density at radius 2 is 1.83 bits per heavy atom. The maximum absolute atomic E-state index is 12.4. The molecular formula is C19H20N2O2S. The average molecular weight is 340 g/mol. The molecule has 124 valence electrons. The van der Waals surface area contributed by atoms with E-state index in [0.29, 0.717) is 12.1 Å². The quantitative estimate of drug-likeness (QED) is 0.594. The summed E-state index contributed by atoms with van der Waals surface area (Å²) in [5, 5.41) is 5.67. The van der Waals surface area contributed by atoms with E-state index in [2.05, 4.69) is 17.2 Å². The Balaban J connectivity index is 2.04. The predicted molar refractivity (Wildman–Crippen MR) is 99.3 cm³/mol. The number of carbonyl (C=O) groups is 2. The third kappa shape index (κ3) is 5.28. The SMILES string of the molecule is C=CCSc1ccccc1NC(=O)c1ccc(CNC(C)=O)cc1. The molecule has 0 aliphatic carbocycles. The van der Waals surface area contributed by atoms with Crippen LogP contribution in [0.4, 0.5) is 5.69 Å². The third-order valence-corrected chi connectivity index (χ3v) is 4.32. The maximum atomic E-state index is 12.4. The molecular weight excluding hydrogens is 320 g/mol. The highest BCUT2D eigenvalue weighted by Crippen LogP contribution is 2.27. The summed E-state index contributed by atoms with van der Waals surface area (Å²) in [7, 11) is 0. The van der Waals surface area contributed by atoms with Gasteiger partial charge in [-0.3, -0.25) is 9.59 Å². The van der Waals surface area contributed by atoms with Crippen LogP contribution in [0.2, 0.25) is 0 Å². The highest BCUT2D eigenvalue weighted by molar-refractivity contribution is 7.99. The lowest BCUT2D eigenvalue weighted by Crippen LogP contribution is -2.19. The molecule has 0 unspecified atom stereocenters. The van der Waals surface area contributed by atoms with Crippen molar-refractivity contribution in [3.63, 3.8) is 0 Å². The van der Waals surface area contributed by atoms with Crippen molar-refractivity contribution in [3.05, 3.63) is 72.3 Å². The van der Waals surface area contributed by atoms with Crippen molar-refractivity contribution in [2.45, 2.75) is 18.4 Å². The zero-order valence-corrected chi connectivity index (χ0v) is 14.4. The van der Waals surface area contributed by atoms with Gasteiger partial charge in [0.05, 0.1) is 5.69 Å². The summed E-state index contributed by atoms with van der Waals surface area (Å²) in [5.41, 5.74) is 2.31. The fraction of sp³-hybridized carbons (Fsp3) is 0.158. The van der Waals surface area contributed by atoms with E-state index in [1.54, 1.807) is 23.9 Å². The van der Waals surface area contributed by atoms with E-state index in [1.807, 2.05) is 42.5 Å². The van der Waals surface area contributed by atoms with Crippen LogP contribution in [0.15, 0.2) is 66.1 Å². The van der Waals surface area contributed by atoms with Crippen LogP contribution in [0.25, 0.3) is 0 Å². The second-order valence-corrected chi connectivity index (χ2v) is 6.22. The molecule has 0 bridgehead atoms. The summed E-state index contributed by atoms with van der Waals surface area (Å²) in [5.74, 6) is 0.545. The summed E-state index contributed by atoms with van der Waals surface area (Å²) in [4.78, 5) is 24.3. The predicted octanol–water partition coefficient (Wildman–Crippen LogP) is 3.85. The zero-order valence-electron chi connectivity index (χ0n) is 13.5. The molecule has 0 fully saturated rings. The smallest absolute Gasteiger partial charge is 0.255 e. The molecule has 0 heterocycles. The molecule has 0 radical (unpaired) electrons. The van der Waals surface area contributed by atoms with Gasteiger partial charge in [-0.15, -0.1) is 18.3 Å². The van der Waals surface area contributed by atoms with Crippen molar-refractivity contribution < 1.29 is 9.59 Å². The van der Waals surface area contributed by atoms with Crippen LogP contribution in [0.1, 0.15) is 22.8 Å². The number of hydrogen-bond donors (Lipinski definition) is 2. The van der Waals surface area contributed by atoms with Crippen LogP contribution >= 0.6 is 11.8 Å². The molecule has 2 aromatic rings. The molecule has 5 heteroatoms. The van der Waals surface area contributed by atoms with Gasteiger partial charge in [0, 0.05) is 29.7 Å². The molecule has 0 aromatic heterocycles. The molecule has 2 amide bonds. The standard InChI is InChI=1S/C19H20N2O2S/c1-3-12-24-18-7-5-4-6-17(18)21-19(23)16-10-8-15(9-11-16)13-20-14(2)22/h3-11H,1,12-13H2,2H3,(H,20,22)(H,21,23). The summed E-state index contributed by atoms with van der Waals surface area (Å²) in [6, 6.07) is 14.9. The fourth-order valence-electron chi connectivity index (χ4n) is 2.04. The van der Waals surface area contributed by atoms with Crippen LogP contribution in [0.5, 0.6) is 0 Å². The number of para-hydroxylation sites is 1. The number of anilines is 1. The van der Waals surface area contributed by atoms with E-state index >= 15 is 0 Å². The Bertz CT molecular complexity index is 726. The van der Waals surface area contributed by atoms with Crippen LogP contribution in [0, 0.1) is 0 Å². The normalized spacial score (nSPS) is 10.0. The van der Waals surface area contributed by atoms with E-state index in [9.17, 15) is 9.59 Å². The van der Waals surface area contributed by atoms with Gasteiger partial charge in [0.15, 0.2) is 0 Å². The third-order valence-electron chi connectivity index (χ3n) is 3.25. The molecule has 0 saturated carbocycles. The highest BCUT2D eigenvalue weighted by atomic mass is 32.2. The van der Waals surface area contributed by atoms with E-state index in [-0.39, 0.29) is 11.8 Å². The monoisotopic (exact) mass is 340 g/mol. The number of carbonyl (C=O) groups excluding carboxylic acids is 2.